The van der Waals surface area contributed by atoms with E-state index in [9.17, 15) is 0 Å². The number of allylic oxidation sites excluding steroid dienone is 2. The van der Waals surface area contributed by atoms with Gasteiger partial charge in [-0.2, -0.15) is 11.1 Å². The second-order valence-corrected chi connectivity index (χ2v) is 18.2. The first-order valence-electron chi connectivity index (χ1n) is 7.47. The average molecular weight is 538 g/mol. The Kier molecular flexibility index (Phi) is 12.7. The van der Waals surface area contributed by atoms with Crippen molar-refractivity contribution in [3.05, 3.63) is 82.9 Å². The van der Waals surface area contributed by atoms with Crippen LogP contribution in [-0.2, 0) is 35.8 Å². The van der Waals surface area contributed by atoms with Gasteiger partial charge < -0.3 is 24.8 Å². The molecule has 0 aliphatic heterocycles. The first-order valence-corrected chi connectivity index (χ1v) is 15.4. The average Bonchev–Trinajstić information content (AvgIpc) is 3.16. The van der Waals surface area contributed by atoms with E-state index in [-0.39, 0.29) is 30.3 Å². The molecule has 4 rings (SSSR count). The fraction of sp³-hybridized carbons (Fsp3) is 0.200. The van der Waals surface area contributed by atoms with E-state index in [2.05, 4.69) is 85.9 Å². The summed E-state index contributed by atoms with van der Waals surface area (Å²) in [6, 6.07) is 16.8. The van der Waals surface area contributed by atoms with Gasteiger partial charge in [0.25, 0.3) is 0 Å². The Morgan fingerprint density at radius 2 is 1.08 bits per heavy atom. The van der Waals surface area contributed by atoms with Crippen molar-refractivity contribution in [3.63, 3.8) is 0 Å². The van der Waals surface area contributed by atoms with Crippen molar-refractivity contribution in [2.24, 2.45) is 0 Å². The van der Waals surface area contributed by atoms with Crippen LogP contribution in [0.3, 0.4) is 0 Å². The van der Waals surface area contributed by atoms with Gasteiger partial charge >= 0.3 is 41.6 Å². The second-order valence-electron chi connectivity index (χ2n) is 5.45. The SMILES string of the molecule is C[Si](C)=[Hf+2].[C-]1=Cc2ccccc2C1.[C-]1=Cc2ccccc2C1.[Cl-].[Cl-]. The summed E-state index contributed by atoms with van der Waals surface area (Å²) in [5, 5.41) is 0. The molecule has 0 nitrogen and oxygen atoms in total. The Balaban J connectivity index is 0.000000341. The van der Waals surface area contributed by atoms with E-state index in [1.54, 1.807) is 0 Å². The van der Waals surface area contributed by atoms with E-state index < -0.39 is 0 Å². The van der Waals surface area contributed by atoms with Gasteiger partial charge in [0.15, 0.2) is 0 Å². The van der Waals surface area contributed by atoms with Crippen LogP contribution in [0.4, 0.5) is 0 Å². The van der Waals surface area contributed by atoms with Crippen molar-refractivity contribution in [1.29, 1.82) is 0 Å². The van der Waals surface area contributed by atoms with Gasteiger partial charge in [0.1, 0.15) is 0 Å². The third-order valence-electron chi connectivity index (χ3n) is 3.21. The quantitative estimate of drug-likeness (QED) is 0.296. The molecule has 0 bridgehead atoms. The minimum Gasteiger partial charge on any atom is -1.00 e. The van der Waals surface area contributed by atoms with Crippen molar-refractivity contribution in [1.82, 2.24) is 0 Å². The van der Waals surface area contributed by atoms with Gasteiger partial charge in [-0.1, -0.05) is 36.4 Å². The number of rotatable bonds is 0. The van der Waals surface area contributed by atoms with Crippen molar-refractivity contribution < 1.29 is 47.8 Å². The van der Waals surface area contributed by atoms with Gasteiger partial charge in [-0.25, -0.2) is 12.2 Å². The second kappa shape index (κ2) is 12.9. The maximum Gasteiger partial charge on any atom is -0.0650 e. The van der Waals surface area contributed by atoms with Crippen LogP contribution in [0.5, 0.6) is 0 Å². The van der Waals surface area contributed by atoms with Crippen molar-refractivity contribution in [2.45, 2.75) is 25.9 Å². The molecule has 2 aliphatic rings. The van der Waals surface area contributed by atoms with Gasteiger partial charge in [-0.05, 0) is 0 Å². The molecule has 0 fully saturated rings. The summed E-state index contributed by atoms with van der Waals surface area (Å²) in [7, 11) is 0. The molecule has 0 amide bonds. The molecule has 0 N–H and O–H groups in total. The predicted octanol–water partition coefficient (Wildman–Crippen LogP) is -1.09. The van der Waals surface area contributed by atoms with Crippen LogP contribution in [0.15, 0.2) is 48.5 Å². The first kappa shape index (κ1) is 23.6. The van der Waals surface area contributed by atoms with Crippen molar-refractivity contribution in [2.75, 3.05) is 0 Å². The van der Waals surface area contributed by atoms with Crippen LogP contribution in [0, 0.1) is 12.2 Å². The van der Waals surface area contributed by atoms with Crippen LogP contribution >= 0.6 is 0 Å². The molecular formula is C20H20Cl2HfSi-2. The van der Waals surface area contributed by atoms with Crippen LogP contribution in [0.25, 0.3) is 12.2 Å². The van der Waals surface area contributed by atoms with E-state index in [0.29, 0.717) is 0 Å². The largest absolute Gasteiger partial charge is 1.00 e. The number of fused-ring (bicyclic) bond motifs is 2. The van der Waals surface area contributed by atoms with Crippen LogP contribution in [-0.4, -0.2) is 5.49 Å². The fourth-order valence-corrected chi connectivity index (χ4v) is 2.21. The zero-order valence-electron chi connectivity index (χ0n) is 13.9. The van der Waals surface area contributed by atoms with Crippen molar-refractivity contribution in [3.8, 4) is 0 Å². The predicted molar refractivity (Wildman–Crippen MR) is 93.2 cm³/mol. The molecule has 2 aliphatic carbocycles. The molecule has 0 aromatic heterocycles. The maximum absolute atomic E-state index is 3.16. The first-order chi connectivity index (χ1) is 10.7. The van der Waals surface area contributed by atoms with Gasteiger partial charge in [-0.15, -0.1) is 36.1 Å². The Morgan fingerprint density at radius 3 is 1.42 bits per heavy atom. The molecule has 0 unspecified atom stereocenters. The molecular weight excluding hydrogens is 518 g/mol. The standard InChI is InChI=1S/2C9H7.C2H6Si.2ClH.Hf/c2*1-2-5-9-7-3-6-8(9)4-1;1-3-2;;;/h2*1-2,4-6H,7H2;1-2H3;2*1H;/q2*-1;;;;+2/p-2. The molecule has 0 radical (unpaired) electrons. The summed E-state index contributed by atoms with van der Waals surface area (Å²) in [5.41, 5.74) is 5.72. The third-order valence-corrected chi connectivity index (χ3v) is 3.21. The summed E-state index contributed by atoms with van der Waals surface area (Å²) in [6.07, 6.45) is 12.4. The summed E-state index contributed by atoms with van der Waals surface area (Å²) in [4.78, 5) is 0. The van der Waals surface area contributed by atoms with Gasteiger partial charge in [0.2, 0.25) is 0 Å². The van der Waals surface area contributed by atoms with Crippen molar-refractivity contribution >= 4 is 17.6 Å². The monoisotopic (exact) mass is 538 g/mol. The number of hydrogen-bond acceptors (Lipinski definition) is 0. The fourth-order valence-electron chi connectivity index (χ4n) is 2.21. The summed E-state index contributed by atoms with van der Waals surface area (Å²) < 4.78 is 0. The van der Waals surface area contributed by atoms with Crippen LogP contribution in [0.1, 0.15) is 22.3 Å². The molecule has 2 aromatic rings. The van der Waals surface area contributed by atoms with Crippen LogP contribution in [0.2, 0.25) is 13.1 Å². The zero-order valence-corrected chi connectivity index (χ0v) is 20.0. The molecule has 0 saturated carbocycles. The zero-order chi connectivity index (χ0) is 15.8. The Hall–Kier alpha value is -0.413. The van der Waals surface area contributed by atoms with Gasteiger partial charge in [0.05, 0.1) is 0 Å². The van der Waals surface area contributed by atoms with Gasteiger partial charge in [-0.3, -0.25) is 12.2 Å². The molecule has 0 spiro atoms. The summed E-state index contributed by atoms with van der Waals surface area (Å²) in [5.74, 6) is 0. The van der Waals surface area contributed by atoms with E-state index in [0.717, 1.165) is 12.8 Å². The van der Waals surface area contributed by atoms with E-state index in [1.165, 1.54) is 45.3 Å². The summed E-state index contributed by atoms with van der Waals surface area (Å²) in [6.45, 7) is 4.66. The Labute approximate surface area is 173 Å². The molecule has 4 heteroatoms. The van der Waals surface area contributed by atoms with Crippen LogP contribution < -0.4 is 24.8 Å². The molecule has 24 heavy (non-hydrogen) atoms. The normalized spacial score (nSPS) is 11.5. The Bertz CT molecular complexity index is 649. The van der Waals surface area contributed by atoms with E-state index in [4.69, 9.17) is 0 Å². The topological polar surface area (TPSA) is 0 Å². The maximum atomic E-state index is 3.16. The number of halogens is 2. The molecule has 0 heterocycles. The van der Waals surface area contributed by atoms with E-state index >= 15 is 0 Å². The molecule has 0 atom stereocenters. The number of benzene rings is 2. The Morgan fingerprint density at radius 1 is 0.750 bits per heavy atom. The molecule has 2 aromatic carbocycles. The molecule has 124 valence electrons. The van der Waals surface area contributed by atoms with E-state index in [1.807, 2.05) is 0 Å². The minimum absolute atomic E-state index is 0. The smallest absolute Gasteiger partial charge is 0.0650 e. The third kappa shape index (κ3) is 8.11. The number of hydrogen-bond donors (Lipinski definition) is 0. The molecule has 0 saturated heterocycles. The minimum atomic E-state index is 0. The van der Waals surface area contributed by atoms with Gasteiger partial charge in [0, 0.05) is 0 Å². The summed E-state index contributed by atoms with van der Waals surface area (Å²) >= 11 is 1.45.